The standard InChI is InChI=1S/C28H36N2/c1-10-15-16-18-22(8)30-27(17-11-2)23(9)29-28(30)26(14-5)20-25(13-4)24(12-3)19-21(6)7/h10-12,14-20H,1,3,6,13H2,2,4-5,7-9H3/b16-15-,17-11-,22-18+,24-19+,25-20+,26-14+. The van der Waals surface area contributed by atoms with Gasteiger partial charge < -0.3 is 0 Å². The van der Waals surface area contributed by atoms with E-state index >= 15 is 0 Å². The summed E-state index contributed by atoms with van der Waals surface area (Å²) in [6, 6.07) is 0. The minimum Gasteiger partial charge on any atom is -0.297 e. The van der Waals surface area contributed by atoms with Crippen molar-refractivity contribution in [3.05, 3.63) is 108 Å². The molecule has 1 heterocycles. The van der Waals surface area contributed by atoms with Crippen LogP contribution in [0.25, 0.3) is 17.3 Å². The Labute approximate surface area is 183 Å². The van der Waals surface area contributed by atoms with Crippen LogP contribution in [-0.4, -0.2) is 9.55 Å². The summed E-state index contributed by atoms with van der Waals surface area (Å²) in [5.41, 5.74) is 7.54. The Hall–Kier alpha value is -3.13. The zero-order valence-electron chi connectivity index (χ0n) is 19.5. The van der Waals surface area contributed by atoms with Gasteiger partial charge in [0.25, 0.3) is 0 Å². The lowest BCUT2D eigenvalue weighted by Crippen LogP contribution is -2.03. The number of hydrogen-bond acceptors (Lipinski definition) is 1. The molecule has 2 heteroatoms. The molecular weight excluding hydrogens is 364 g/mol. The monoisotopic (exact) mass is 400 g/mol. The highest BCUT2D eigenvalue weighted by Gasteiger charge is 2.16. The van der Waals surface area contributed by atoms with E-state index < -0.39 is 0 Å². The van der Waals surface area contributed by atoms with Gasteiger partial charge in [0.15, 0.2) is 0 Å². The van der Waals surface area contributed by atoms with E-state index in [2.05, 4.69) is 82.4 Å². The van der Waals surface area contributed by atoms with Gasteiger partial charge in [0.2, 0.25) is 0 Å². The summed E-state index contributed by atoms with van der Waals surface area (Å²) in [6.45, 7) is 24.1. The number of aryl methyl sites for hydroxylation is 1. The first kappa shape index (κ1) is 24.9. The van der Waals surface area contributed by atoms with Gasteiger partial charge in [-0.25, -0.2) is 4.98 Å². The van der Waals surface area contributed by atoms with Crippen LogP contribution in [0, 0.1) is 6.92 Å². The van der Waals surface area contributed by atoms with Crippen LogP contribution in [0.3, 0.4) is 0 Å². The van der Waals surface area contributed by atoms with Crippen molar-refractivity contribution in [3.63, 3.8) is 0 Å². The summed E-state index contributed by atoms with van der Waals surface area (Å²) in [5, 5.41) is 0. The van der Waals surface area contributed by atoms with Crippen LogP contribution >= 0.6 is 0 Å². The molecular formula is C28H36N2. The molecule has 0 aromatic carbocycles. The number of allylic oxidation sites excluding steroid dienone is 14. The molecule has 0 bridgehead atoms. The van der Waals surface area contributed by atoms with E-state index in [0.29, 0.717) is 0 Å². The second kappa shape index (κ2) is 12.4. The molecule has 2 nitrogen and oxygen atoms in total. The second-order valence-corrected chi connectivity index (χ2v) is 7.09. The fraction of sp³-hybridized carbons (Fsp3) is 0.250. The van der Waals surface area contributed by atoms with Crippen molar-refractivity contribution in [1.29, 1.82) is 0 Å². The Bertz CT molecular complexity index is 967. The Morgan fingerprint density at radius 3 is 2.30 bits per heavy atom. The predicted molar refractivity (Wildman–Crippen MR) is 136 cm³/mol. The highest BCUT2D eigenvalue weighted by Crippen LogP contribution is 2.28. The maximum absolute atomic E-state index is 4.93. The summed E-state index contributed by atoms with van der Waals surface area (Å²) < 4.78 is 2.21. The van der Waals surface area contributed by atoms with Crippen molar-refractivity contribution in [2.24, 2.45) is 0 Å². The van der Waals surface area contributed by atoms with E-state index in [1.54, 1.807) is 6.08 Å². The average molecular weight is 401 g/mol. The minimum atomic E-state index is 0.890. The van der Waals surface area contributed by atoms with E-state index in [4.69, 9.17) is 4.98 Å². The van der Waals surface area contributed by atoms with Gasteiger partial charge in [0, 0.05) is 11.3 Å². The van der Waals surface area contributed by atoms with Crippen LogP contribution in [0.1, 0.15) is 58.3 Å². The molecule has 0 unspecified atom stereocenters. The van der Waals surface area contributed by atoms with Crippen LogP contribution < -0.4 is 0 Å². The predicted octanol–water partition coefficient (Wildman–Crippen LogP) is 8.26. The lowest BCUT2D eigenvalue weighted by molar-refractivity contribution is 1.03. The van der Waals surface area contributed by atoms with Gasteiger partial charge in [0.05, 0.1) is 11.4 Å². The topological polar surface area (TPSA) is 17.8 Å². The van der Waals surface area contributed by atoms with Crippen LogP contribution in [0.5, 0.6) is 0 Å². The lowest BCUT2D eigenvalue weighted by atomic mass is 9.98. The molecule has 0 aliphatic heterocycles. The summed E-state index contributed by atoms with van der Waals surface area (Å²) in [5.74, 6) is 0.925. The van der Waals surface area contributed by atoms with Gasteiger partial charge >= 0.3 is 0 Å². The SMILES string of the molecule is C=C/C=C\C=C(/C)n1c(C(/C=C(CC)/C(C=C)=C/C(=C)C)=C/C)nc(C)c1/C=C\C. The third kappa shape index (κ3) is 6.45. The average Bonchev–Trinajstić information content (AvgIpc) is 3.04. The van der Waals surface area contributed by atoms with Gasteiger partial charge in [-0.1, -0.05) is 74.8 Å². The third-order valence-electron chi connectivity index (χ3n) is 4.63. The van der Waals surface area contributed by atoms with E-state index in [-0.39, 0.29) is 0 Å². The Kier molecular flexibility index (Phi) is 10.3. The van der Waals surface area contributed by atoms with Gasteiger partial charge in [-0.2, -0.15) is 0 Å². The first-order valence-electron chi connectivity index (χ1n) is 10.4. The first-order chi connectivity index (χ1) is 14.3. The molecule has 0 spiro atoms. The molecule has 0 fully saturated rings. The number of imidazole rings is 1. The summed E-state index contributed by atoms with van der Waals surface area (Å²) in [6.07, 6.45) is 21.1. The molecule has 30 heavy (non-hydrogen) atoms. The van der Waals surface area contributed by atoms with E-state index in [1.807, 2.05) is 38.2 Å². The molecule has 0 aliphatic carbocycles. The largest absolute Gasteiger partial charge is 0.297 e. The van der Waals surface area contributed by atoms with Crippen LogP contribution in [-0.2, 0) is 0 Å². The molecule has 1 aromatic heterocycles. The number of aromatic nitrogens is 2. The zero-order chi connectivity index (χ0) is 22.7. The molecule has 0 saturated carbocycles. The maximum atomic E-state index is 4.93. The van der Waals surface area contributed by atoms with Crippen molar-refractivity contribution in [3.8, 4) is 0 Å². The van der Waals surface area contributed by atoms with Gasteiger partial charge in [-0.15, -0.1) is 0 Å². The van der Waals surface area contributed by atoms with Crippen molar-refractivity contribution < 1.29 is 0 Å². The molecule has 0 amide bonds. The molecule has 0 saturated heterocycles. The number of hydrogen-bond donors (Lipinski definition) is 0. The molecule has 0 N–H and O–H groups in total. The summed E-state index contributed by atoms with van der Waals surface area (Å²) in [4.78, 5) is 4.93. The normalized spacial score (nSPS) is 14.1. The Balaban J connectivity index is 3.75. The molecule has 1 aromatic rings. The second-order valence-electron chi connectivity index (χ2n) is 7.09. The van der Waals surface area contributed by atoms with Crippen molar-refractivity contribution >= 4 is 17.3 Å². The van der Waals surface area contributed by atoms with Crippen molar-refractivity contribution in [1.82, 2.24) is 9.55 Å². The highest BCUT2D eigenvalue weighted by molar-refractivity contribution is 5.76. The van der Waals surface area contributed by atoms with E-state index in [0.717, 1.165) is 46.0 Å². The van der Waals surface area contributed by atoms with E-state index in [1.165, 1.54) is 5.57 Å². The number of nitrogens with zero attached hydrogens (tertiary/aromatic N) is 2. The minimum absolute atomic E-state index is 0.890. The third-order valence-corrected chi connectivity index (χ3v) is 4.63. The fourth-order valence-corrected chi connectivity index (χ4v) is 3.20. The first-order valence-corrected chi connectivity index (χ1v) is 10.4. The molecule has 1 rings (SSSR count). The summed E-state index contributed by atoms with van der Waals surface area (Å²) >= 11 is 0. The summed E-state index contributed by atoms with van der Waals surface area (Å²) in [7, 11) is 0. The van der Waals surface area contributed by atoms with Gasteiger partial charge in [0.1, 0.15) is 5.82 Å². The fourth-order valence-electron chi connectivity index (χ4n) is 3.20. The van der Waals surface area contributed by atoms with Crippen LogP contribution in [0.4, 0.5) is 0 Å². The smallest absolute Gasteiger partial charge is 0.144 e. The maximum Gasteiger partial charge on any atom is 0.144 e. The quantitative estimate of drug-likeness (QED) is 0.361. The Morgan fingerprint density at radius 1 is 1.10 bits per heavy atom. The zero-order valence-corrected chi connectivity index (χ0v) is 19.5. The van der Waals surface area contributed by atoms with Crippen LogP contribution in [0.2, 0.25) is 0 Å². The Morgan fingerprint density at radius 2 is 1.80 bits per heavy atom. The lowest BCUT2D eigenvalue weighted by Gasteiger charge is -2.13. The molecule has 0 radical (unpaired) electrons. The molecule has 0 atom stereocenters. The van der Waals surface area contributed by atoms with Gasteiger partial charge in [-0.3, -0.25) is 4.57 Å². The van der Waals surface area contributed by atoms with E-state index in [9.17, 15) is 0 Å². The van der Waals surface area contributed by atoms with Crippen LogP contribution in [0.15, 0.2) is 91.1 Å². The highest BCUT2D eigenvalue weighted by atomic mass is 15.1. The molecule has 0 aliphatic rings. The molecule has 158 valence electrons. The van der Waals surface area contributed by atoms with Gasteiger partial charge in [-0.05, 0) is 70.4 Å². The number of rotatable bonds is 10. The van der Waals surface area contributed by atoms with Crippen molar-refractivity contribution in [2.45, 2.75) is 48.0 Å². The van der Waals surface area contributed by atoms with Crippen molar-refractivity contribution in [2.75, 3.05) is 0 Å².